The van der Waals surface area contributed by atoms with Gasteiger partial charge in [0.15, 0.2) is 0 Å². The fourth-order valence-electron chi connectivity index (χ4n) is 2.84. The van der Waals surface area contributed by atoms with Gasteiger partial charge >= 0.3 is 5.97 Å². The summed E-state index contributed by atoms with van der Waals surface area (Å²) in [5.41, 5.74) is 1.44. The van der Waals surface area contributed by atoms with Crippen LogP contribution in [0.3, 0.4) is 0 Å². The number of hydrogen-bond donors (Lipinski definition) is 2. The van der Waals surface area contributed by atoms with Gasteiger partial charge in [-0.15, -0.1) is 0 Å². The van der Waals surface area contributed by atoms with Crippen LogP contribution < -0.4 is 4.72 Å². The maximum Gasteiger partial charge on any atom is 0.335 e. The molecule has 8 heteroatoms. The molecule has 1 heterocycles. The lowest BCUT2D eigenvalue weighted by molar-refractivity contribution is 0.0696. The molecule has 1 aromatic heterocycles. The maximum absolute atomic E-state index is 13.1. The lowest BCUT2D eigenvalue weighted by Crippen LogP contribution is -2.17. The summed E-state index contributed by atoms with van der Waals surface area (Å²) in [5.74, 6) is -1.21. The molecule has 3 aromatic rings. The molecule has 2 aromatic carbocycles. The molecule has 0 amide bonds. The Morgan fingerprint density at radius 1 is 1.18 bits per heavy atom. The summed E-state index contributed by atoms with van der Waals surface area (Å²) in [6.07, 6.45) is 3.92. The molecular weight excluding hydrogens is 378 g/mol. The Morgan fingerprint density at radius 3 is 2.50 bits per heavy atom. The number of aromatic carboxylic acids is 1. The van der Waals surface area contributed by atoms with E-state index in [1.807, 2.05) is 6.07 Å². The second kappa shape index (κ2) is 7.58. The van der Waals surface area contributed by atoms with Gasteiger partial charge in [0, 0.05) is 12.4 Å². The highest BCUT2D eigenvalue weighted by Crippen LogP contribution is 2.27. The topological polar surface area (TPSA) is 112 Å². The van der Waals surface area contributed by atoms with Gasteiger partial charge in [-0.3, -0.25) is 4.72 Å². The molecule has 0 bridgehead atoms. The molecule has 0 radical (unpaired) electrons. The molecule has 7 nitrogen and oxygen atoms in total. The Morgan fingerprint density at radius 2 is 1.89 bits per heavy atom. The number of aryl methyl sites for hydroxylation is 1. The summed E-state index contributed by atoms with van der Waals surface area (Å²) in [6, 6.07) is 14.3. The van der Waals surface area contributed by atoms with Crippen LogP contribution in [0.4, 0.5) is 5.69 Å². The summed E-state index contributed by atoms with van der Waals surface area (Å²) < 4.78 is 30.4. The van der Waals surface area contributed by atoms with Crippen molar-refractivity contribution < 1.29 is 18.3 Å². The first kappa shape index (κ1) is 19.2. The second-order valence-electron chi connectivity index (χ2n) is 6.02. The van der Waals surface area contributed by atoms with Gasteiger partial charge in [0.1, 0.15) is 0 Å². The molecule has 142 valence electrons. The second-order valence-corrected chi connectivity index (χ2v) is 7.67. The minimum atomic E-state index is -4.09. The van der Waals surface area contributed by atoms with E-state index >= 15 is 0 Å². The quantitative estimate of drug-likeness (QED) is 0.664. The number of nitrogens with zero attached hydrogens (tertiary/aromatic N) is 2. The van der Waals surface area contributed by atoms with E-state index in [0.29, 0.717) is 23.2 Å². The number of anilines is 1. The summed E-state index contributed by atoms with van der Waals surface area (Å²) in [5, 5.41) is 18.4. The van der Waals surface area contributed by atoms with Crippen LogP contribution in [0.15, 0.2) is 65.8 Å². The van der Waals surface area contributed by atoms with Crippen LogP contribution in [0.1, 0.15) is 28.4 Å². The number of carboxylic acids is 1. The Bertz CT molecular complexity index is 1180. The van der Waals surface area contributed by atoms with E-state index in [4.69, 9.17) is 0 Å². The molecule has 0 saturated carbocycles. The number of aromatic nitrogens is 1. The van der Waals surface area contributed by atoms with Crippen LogP contribution in [0, 0.1) is 11.3 Å². The number of nitrogens with one attached hydrogen (secondary N) is 1. The largest absolute Gasteiger partial charge is 0.478 e. The van der Waals surface area contributed by atoms with Crippen LogP contribution in [0.5, 0.6) is 0 Å². The number of sulfonamides is 1. The average molecular weight is 395 g/mol. The molecule has 0 aliphatic carbocycles. The first-order chi connectivity index (χ1) is 13.4. The van der Waals surface area contributed by atoms with Crippen molar-refractivity contribution >= 4 is 21.7 Å². The molecule has 0 spiro atoms. The third-order valence-electron chi connectivity index (χ3n) is 4.24. The highest BCUT2D eigenvalue weighted by molar-refractivity contribution is 7.92. The summed E-state index contributed by atoms with van der Waals surface area (Å²) >= 11 is 0. The van der Waals surface area contributed by atoms with Crippen molar-refractivity contribution in [3.05, 3.63) is 77.6 Å². The zero-order chi connectivity index (χ0) is 20.3. The molecule has 0 atom stereocenters. The molecule has 0 aliphatic rings. The SMILES string of the molecule is CCc1ccc(C(=O)O)cc1S(=O)(=O)Nc1cc(C#N)ccc1-n1cccc1. The van der Waals surface area contributed by atoms with E-state index in [2.05, 4.69) is 4.72 Å². The third kappa shape index (κ3) is 3.75. The molecule has 2 N–H and O–H groups in total. The number of carbonyl (C=O) groups is 1. The average Bonchev–Trinajstić information content (AvgIpc) is 3.21. The molecule has 0 saturated heterocycles. The van der Waals surface area contributed by atoms with Crippen molar-refractivity contribution in [3.8, 4) is 11.8 Å². The monoisotopic (exact) mass is 395 g/mol. The van der Waals surface area contributed by atoms with E-state index in [1.54, 1.807) is 48.1 Å². The Kier molecular flexibility index (Phi) is 5.20. The molecule has 0 unspecified atom stereocenters. The summed E-state index contributed by atoms with van der Waals surface area (Å²) in [7, 11) is -4.09. The Labute approximate surface area is 162 Å². The van der Waals surface area contributed by atoms with Crippen LogP contribution in [0.25, 0.3) is 5.69 Å². The van der Waals surface area contributed by atoms with E-state index in [-0.39, 0.29) is 16.1 Å². The molecule has 28 heavy (non-hydrogen) atoms. The molecule has 0 fully saturated rings. The summed E-state index contributed by atoms with van der Waals surface area (Å²) in [4.78, 5) is 11.2. The van der Waals surface area contributed by atoms with Crippen molar-refractivity contribution in [2.45, 2.75) is 18.2 Å². The van der Waals surface area contributed by atoms with Gasteiger partial charge < -0.3 is 9.67 Å². The third-order valence-corrected chi connectivity index (χ3v) is 5.68. The van der Waals surface area contributed by atoms with Crippen LogP contribution >= 0.6 is 0 Å². The fraction of sp³-hybridized carbons (Fsp3) is 0.100. The van der Waals surface area contributed by atoms with Gasteiger partial charge in [-0.1, -0.05) is 13.0 Å². The minimum Gasteiger partial charge on any atom is -0.478 e. The van der Waals surface area contributed by atoms with Gasteiger partial charge in [-0.05, 0) is 54.4 Å². The van der Waals surface area contributed by atoms with Crippen molar-refractivity contribution in [2.75, 3.05) is 4.72 Å². The zero-order valence-electron chi connectivity index (χ0n) is 15.0. The summed E-state index contributed by atoms with van der Waals surface area (Å²) in [6.45, 7) is 1.79. The number of carboxylic acid groups (broad SMARTS) is 1. The van der Waals surface area contributed by atoms with Gasteiger partial charge in [-0.25, -0.2) is 13.2 Å². The highest BCUT2D eigenvalue weighted by atomic mass is 32.2. The van der Waals surface area contributed by atoms with E-state index in [9.17, 15) is 23.6 Å². The Balaban J connectivity index is 2.12. The van der Waals surface area contributed by atoms with Crippen LogP contribution in [-0.2, 0) is 16.4 Å². The smallest absolute Gasteiger partial charge is 0.335 e. The van der Waals surface area contributed by atoms with Crippen LogP contribution in [-0.4, -0.2) is 24.1 Å². The van der Waals surface area contributed by atoms with Gasteiger partial charge in [0.2, 0.25) is 0 Å². The van der Waals surface area contributed by atoms with E-state index < -0.39 is 16.0 Å². The standard InChI is InChI=1S/C20H17N3O4S/c1-2-15-6-7-16(20(24)25)12-19(15)28(26,27)22-17-11-14(13-21)5-8-18(17)23-9-3-4-10-23/h3-12,22H,2H2,1H3,(H,24,25). The lowest BCUT2D eigenvalue weighted by Gasteiger charge is -2.16. The first-order valence-electron chi connectivity index (χ1n) is 8.42. The predicted octanol–water partition coefficient (Wildman–Crippen LogP) is 3.41. The van der Waals surface area contributed by atoms with Crippen molar-refractivity contribution in [3.63, 3.8) is 0 Å². The van der Waals surface area contributed by atoms with Gasteiger partial charge in [0.25, 0.3) is 10.0 Å². The number of benzene rings is 2. The normalized spacial score (nSPS) is 11.0. The predicted molar refractivity (Wildman–Crippen MR) is 104 cm³/mol. The number of rotatable bonds is 6. The van der Waals surface area contributed by atoms with E-state index in [0.717, 1.165) is 6.07 Å². The number of hydrogen-bond acceptors (Lipinski definition) is 4. The van der Waals surface area contributed by atoms with Gasteiger partial charge in [0.05, 0.1) is 33.5 Å². The van der Waals surface area contributed by atoms with Gasteiger partial charge in [-0.2, -0.15) is 5.26 Å². The molecule has 0 aliphatic heterocycles. The number of nitriles is 1. The molecule has 3 rings (SSSR count). The van der Waals surface area contributed by atoms with Crippen molar-refractivity contribution in [1.82, 2.24) is 4.57 Å². The van der Waals surface area contributed by atoms with Crippen molar-refractivity contribution in [2.24, 2.45) is 0 Å². The zero-order valence-corrected chi connectivity index (χ0v) is 15.8. The van der Waals surface area contributed by atoms with Crippen molar-refractivity contribution in [1.29, 1.82) is 5.26 Å². The first-order valence-corrected chi connectivity index (χ1v) is 9.90. The fourth-order valence-corrected chi connectivity index (χ4v) is 4.24. The van der Waals surface area contributed by atoms with Crippen LogP contribution in [0.2, 0.25) is 0 Å². The Hall–Kier alpha value is -3.57. The molecular formula is C20H17N3O4S. The minimum absolute atomic E-state index is 0.101. The lowest BCUT2D eigenvalue weighted by atomic mass is 10.1. The maximum atomic E-state index is 13.1. The van der Waals surface area contributed by atoms with E-state index in [1.165, 1.54) is 18.2 Å². The highest BCUT2D eigenvalue weighted by Gasteiger charge is 2.22.